The Morgan fingerprint density at radius 3 is 1.79 bits per heavy atom. The van der Waals surface area contributed by atoms with Crippen molar-refractivity contribution in [2.75, 3.05) is 22.1 Å². The van der Waals surface area contributed by atoms with Crippen molar-refractivity contribution in [2.24, 2.45) is 0 Å². The van der Waals surface area contributed by atoms with Crippen LogP contribution >= 0.6 is 23.4 Å². The van der Waals surface area contributed by atoms with Gasteiger partial charge in [0.1, 0.15) is 0 Å². The molecule has 4 nitrogen and oxygen atoms in total. The van der Waals surface area contributed by atoms with Gasteiger partial charge in [0.05, 0.1) is 11.5 Å². The van der Waals surface area contributed by atoms with Gasteiger partial charge >= 0.3 is 0 Å². The Kier molecular flexibility index (Phi) is 7.15. The summed E-state index contributed by atoms with van der Waals surface area (Å²) in [6.45, 7) is 2.08. The highest BCUT2D eigenvalue weighted by atomic mass is 35.5. The largest absolute Gasteiger partial charge is 0.325 e. The van der Waals surface area contributed by atoms with Crippen molar-refractivity contribution < 1.29 is 9.59 Å². The van der Waals surface area contributed by atoms with Gasteiger partial charge in [-0.25, -0.2) is 0 Å². The van der Waals surface area contributed by atoms with Crippen molar-refractivity contribution in [3.05, 3.63) is 59.1 Å². The van der Waals surface area contributed by atoms with Crippen molar-refractivity contribution in [1.29, 1.82) is 0 Å². The maximum absolute atomic E-state index is 11.9. The van der Waals surface area contributed by atoms with Gasteiger partial charge in [-0.2, -0.15) is 0 Å². The van der Waals surface area contributed by atoms with E-state index in [1.54, 1.807) is 24.3 Å². The number of thioether (sulfide) groups is 1. The smallest absolute Gasteiger partial charge is 0.234 e. The monoisotopic (exact) mass is 362 g/mol. The molecule has 0 aliphatic carbocycles. The Morgan fingerprint density at radius 1 is 0.875 bits per heavy atom. The zero-order valence-corrected chi connectivity index (χ0v) is 14.9. The normalized spacial score (nSPS) is 10.2. The number of benzene rings is 2. The zero-order valence-electron chi connectivity index (χ0n) is 13.3. The highest BCUT2D eigenvalue weighted by molar-refractivity contribution is 8.00. The second-order valence-electron chi connectivity index (χ2n) is 5.15. The second kappa shape index (κ2) is 9.35. The molecule has 0 saturated carbocycles. The number of amides is 2. The molecule has 0 spiro atoms. The predicted octanol–water partition coefficient (Wildman–Crippen LogP) is 4.21. The maximum atomic E-state index is 11.9. The van der Waals surface area contributed by atoms with E-state index < -0.39 is 0 Å². The lowest BCUT2D eigenvalue weighted by atomic mass is 10.1. The Balaban J connectivity index is 1.69. The van der Waals surface area contributed by atoms with E-state index in [2.05, 4.69) is 17.6 Å². The minimum atomic E-state index is -0.151. The molecule has 2 amide bonds. The third-order valence-electron chi connectivity index (χ3n) is 3.24. The molecule has 2 aromatic carbocycles. The molecule has 2 rings (SSSR count). The summed E-state index contributed by atoms with van der Waals surface area (Å²) in [4.78, 5) is 23.7. The summed E-state index contributed by atoms with van der Waals surface area (Å²) in [5.41, 5.74) is 2.68. The van der Waals surface area contributed by atoms with Crippen LogP contribution in [0.4, 0.5) is 11.4 Å². The van der Waals surface area contributed by atoms with Gasteiger partial charge in [-0.3, -0.25) is 9.59 Å². The van der Waals surface area contributed by atoms with Crippen LogP contribution in [-0.4, -0.2) is 23.3 Å². The van der Waals surface area contributed by atoms with Crippen molar-refractivity contribution >= 4 is 46.6 Å². The van der Waals surface area contributed by atoms with E-state index in [4.69, 9.17) is 11.6 Å². The molecule has 6 heteroatoms. The lowest BCUT2D eigenvalue weighted by molar-refractivity contribution is -0.114. The van der Waals surface area contributed by atoms with Crippen LogP contribution in [0, 0.1) is 0 Å². The van der Waals surface area contributed by atoms with E-state index in [1.165, 1.54) is 17.3 Å². The first-order valence-corrected chi connectivity index (χ1v) is 9.12. The Bertz CT molecular complexity index is 687. The lowest BCUT2D eigenvalue weighted by Crippen LogP contribution is -2.18. The van der Waals surface area contributed by atoms with Crippen LogP contribution < -0.4 is 10.6 Å². The van der Waals surface area contributed by atoms with Gasteiger partial charge in [-0.1, -0.05) is 30.7 Å². The minimum absolute atomic E-state index is 0.122. The molecular weight excluding hydrogens is 344 g/mol. The quantitative estimate of drug-likeness (QED) is 0.775. The number of carbonyl (C=O) groups excluding carboxylic acids is 2. The molecule has 0 bridgehead atoms. The number of hydrogen-bond donors (Lipinski definition) is 2. The van der Waals surface area contributed by atoms with E-state index in [1.807, 2.05) is 24.3 Å². The second-order valence-corrected chi connectivity index (χ2v) is 6.57. The molecule has 0 fully saturated rings. The van der Waals surface area contributed by atoms with Crippen LogP contribution in [-0.2, 0) is 16.0 Å². The number of aryl methyl sites for hydroxylation is 1. The van der Waals surface area contributed by atoms with Crippen molar-refractivity contribution in [1.82, 2.24) is 0 Å². The van der Waals surface area contributed by atoms with E-state index in [0.29, 0.717) is 10.7 Å². The fraction of sp³-hybridized carbons (Fsp3) is 0.222. The fourth-order valence-corrected chi connectivity index (χ4v) is 2.73. The van der Waals surface area contributed by atoms with Crippen LogP contribution in [0.2, 0.25) is 5.02 Å². The number of carbonyl (C=O) groups is 2. The van der Waals surface area contributed by atoms with Gasteiger partial charge in [0.15, 0.2) is 0 Å². The van der Waals surface area contributed by atoms with Gasteiger partial charge in [0.25, 0.3) is 0 Å². The van der Waals surface area contributed by atoms with Crippen LogP contribution in [0.1, 0.15) is 12.5 Å². The third-order valence-corrected chi connectivity index (χ3v) is 4.42. The molecule has 0 saturated heterocycles. The van der Waals surface area contributed by atoms with E-state index in [9.17, 15) is 9.59 Å². The van der Waals surface area contributed by atoms with E-state index >= 15 is 0 Å². The van der Waals surface area contributed by atoms with Crippen LogP contribution in [0.25, 0.3) is 0 Å². The Morgan fingerprint density at radius 2 is 1.33 bits per heavy atom. The number of anilines is 2. The van der Waals surface area contributed by atoms with Crippen molar-refractivity contribution in [2.45, 2.75) is 13.3 Å². The van der Waals surface area contributed by atoms with Crippen molar-refractivity contribution in [3.63, 3.8) is 0 Å². The number of rotatable bonds is 7. The van der Waals surface area contributed by atoms with Gasteiger partial charge < -0.3 is 10.6 Å². The number of hydrogen-bond acceptors (Lipinski definition) is 3. The highest BCUT2D eigenvalue weighted by Gasteiger charge is 2.07. The Hall–Kier alpha value is -1.98. The van der Waals surface area contributed by atoms with Gasteiger partial charge in [-0.15, -0.1) is 11.8 Å². The summed E-state index contributed by atoms with van der Waals surface area (Å²) < 4.78 is 0. The number of halogens is 1. The molecule has 0 atom stereocenters. The average molecular weight is 363 g/mol. The summed E-state index contributed by atoms with van der Waals surface area (Å²) in [5, 5.41) is 6.19. The Labute approximate surface area is 151 Å². The zero-order chi connectivity index (χ0) is 17.4. The lowest BCUT2D eigenvalue weighted by Gasteiger charge is -2.07. The first-order valence-electron chi connectivity index (χ1n) is 7.59. The summed E-state index contributed by atoms with van der Waals surface area (Å²) in [7, 11) is 0. The summed E-state index contributed by atoms with van der Waals surface area (Å²) in [5.74, 6) is 0.167. The summed E-state index contributed by atoms with van der Waals surface area (Å²) in [6.07, 6.45) is 0.965. The molecule has 0 radical (unpaired) electrons. The molecule has 0 aliphatic heterocycles. The SMILES string of the molecule is CCc1ccc(NC(=O)CSCC(=O)Nc2ccc(Cl)cc2)cc1. The molecule has 0 heterocycles. The molecule has 0 unspecified atom stereocenters. The minimum Gasteiger partial charge on any atom is -0.325 e. The summed E-state index contributed by atoms with van der Waals surface area (Å²) in [6, 6.07) is 14.6. The molecule has 2 aromatic rings. The van der Waals surface area contributed by atoms with E-state index in [0.717, 1.165) is 12.1 Å². The predicted molar refractivity (Wildman–Crippen MR) is 102 cm³/mol. The standard InChI is InChI=1S/C18H19ClN2O2S/c1-2-13-3-7-15(8-4-13)20-17(22)11-24-12-18(23)21-16-9-5-14(19)6-10-16/h3-10H,2,11-12H2,1H3,(H,20,22)(H,21,23). The van der Waals surface area contributed by atoms with Crippen LogP contribution in [0.3, 0.4) is 0 Å². The topological polar surface area (TPSA) is 58.2 Å². The molecular formula is C18H19ClN2O2S. The molecule has 2 N–H and O–H groups in total. The van der Waals surface area contributed by atoms with Gasteiger partial charge in [-0.05, 0) is 48.4 Å². The third kappa shape index (κ3) is 6.26. The maximum Gasteiger partial charge on any atom is 0.234 e. The van der Waals surface area contributed by atoms with Crippen molar-refractivity contribution in [3.8, 4) is 0 Å². The molecule has 24 heavy (non-hydrogen) atoms. The fourth-order valence-electron chi connectivity index (χ4n) is 1.99. The molecule has 0 aromatic heterocycles. The number of nitrogens with one attached hydrogen (secondary N) is 2. The average Bonchev–Trinajstić information content (AvgIpc) is 2.57. The molecule has 0 aliphatic rings. The highest BCUT2D eigenvalue weighted by Crippen LogP contribution is 2.14. The summed E-state index contributed by atoms with van der Waals surface area (Å²) >= 11 is 7.06. The van der Waals surface area contributed by atoms with Crippen LogP contribution in [0.15, 0.2) is 48.5 Å². The van der Waals surface area contributed by atoms with Crippen LogP contribution in [0.5, 0.6) is 0 Å². The molecule has 126 valence electrons. The van der Waals surface area contributed by atoms with E-state index in [-0.39, 0.29) is 23.3 Å². The first-order chi connectivity index (χ1) is 11.6. The van der Waals surface area contributed by atoms with Gasteiger partial charge in [0.2, 0.25) is 11.8 Å². The van der Waals surface area contributed by atoms with Gasteiger partial charge in [0, 0.05) is 16.4 Å². The first kappa shape index (κ1) is 18.4.